The molecule has 3 aliphatic rings. The van der Waals surface area contributed by atoms with Gasteiger partial charge in [-0.05, 0) is 54.9 Å². The highest BCUT2D eigenvalue weighted by Crippen LogP contribution is 2.41. The molecule has 2 aromatic rings. The maximum Gasteiger partial charge on any atom is 0.331 e. The van der Waals surface area contributed by atoms with E-state index in [-0.39, 0.29) is 23.9 Å². The monoisotopic (exact) mass is 403 g/mol. The number of urea groups is 1. The van der Waals surface area contributed by atoms with Crippen LogP contribution in [0.15, 0.2) is 17.2 Å². The van der Waals surface area contributed by atoms with Crippen molar-refractivity contribution < 1.29 is 18.8 Å². The van der Waals surface area contributed by atoms with Gasteiger partial charge in [-0.3, -0.25) is 0 Å². The van der Waals surface area contributed by atoms with Crippen LogP contribution in [0.3, 0.4) is 0 Å². The minimum atomic E-state index is -3.68. The number of aliphatic hydroxyl groups excluding tert-OH is 1. The van der Waals surface area contributed by atoms with Crippen molar-refractivity contribution in [3.8, 4) is 5.88 Å². The van der Waals surface area contributed by atoms with Gasteiger partial charge in [0.1, 0.15) is 4.90 Å². The summed E-state index contributed by atoms with van der Waals surface area (Å²) >= 11 is 0. The van der Waals surface area contributed by atoms with E-state index in [0.717, 1.165) is 42.5 Å². The molecule has 0 saturated heterocycles. The average molecular weight is 403 g/mol. The van der Waals surface area contributed by atoms with Gasteiger partial charge in [0.15, 0.2) is 15.5 Å². The van der Waals surface area contributed by atoms with Crippen molar-refractivity contribution in [2.45, 2.75) is 49.6 Å². The molecular formula is C18H21N5O4S. The van der Waals surface area contributed by atoms with Crippen LogP contribution in [0.4, 0.5) is 10.5 Å². The summed E-state index contributed by atoms with van der Waals surface area (Å²) < 4.78 is 30.5. The first-order valence-electron chi connectivity index (χ1n) is 9.19. The fourth-order valence-electron chi connectivity index (χ4n) is 3.98. The standard InChI is InChI=1S/C18H21N5O4S/c1-18(9-24)8-23-16(27-18)14(7-20-23)28(19,26)22-17(25)21-15-12-4-2-10(12)6-11-3-5-13(11)15/h6-7,24H,2-5,8-9H2,1H3,(H3,19,21,22,25,26)/t18-,28?/m1/s1. The highest BCUT2D eigenvalue weighted by atomic mass is 32.2. The zero-order valence-corrected chi connectivity index (χ0v) is 16.2. The van der Waals surface area contributed by atoms with E-state index >= 15 is 0 Å². The number of nitrogens with zero attached hydrogens (tertiary/aromatic N) is 2. The number of amides is 2. The van der Waals surface area contributed by atoms with Crippen molar-refractivity contribution in [3.63, 3.8) is 0 Å². The van der Waals surface area contributed by atoms with E-state index in [9.17, 15) is 14.1 Å². The number of ether oxygens (including phenoxy) is 1. The van der Waals surface area contributed by atoms with Gasteiger partial charge in [-0.1, -0.05) is 6.07 Å². The Bertz CT molecular complexity index is 1090. The van der Waals surface area contributed by atoms with E-state index in [1.54, 1.807) is 6.92 Å². The number of hydrogen-bond acceptors (Lipinski definition) is 6. The quantitative estimate of drug-likeness (QED) is 0.613. The zero-order chi connectivity index (χ0) is 19.7. The molecule has 0 radical (unpaired) electrons. The maximum atomic E-state index is 12.9. The van der Waals surface area contributed by atoms with Crippen molar-refractivity contribution in [1.82, 2.24) is 14.5 Å². The number of fused-ring (bicyclic) bond motifs is 3. The van der Waals surface area contributed by atoms with Gasteiger partial charge in [0.05, 0.1) is 19.3 Å². The molecule has 2 amide bonds. The predicted molar refractivity (Wildman–Crippen MR) is 101 cm³/mol. The predicted octanol–water partition coefficient (Wildman–Crippen LogP) is 1.37. The van der Waals surface area contributed by atoms with Crippen LogP contribution in [0.1, 0.15) is 29.2 Å². The van der Waals surface area contributed by atoms with Crippen molar-refractivity contribution in [3.05, 3.63) is 34.5 Å². The summed E-state index contributed by atoms with van der Waals surface area (Å²) in [6, 6.07) is 1.53. The van der Waals surface area contributed by atoms with Crippen LogP contribution < -0.4 is 14.8 Å². The number of benzene rings is 1. The number of nitrogens with one attached hydrogen (secondary N) is 3. The number of carbonyl (C=O) groups excluding carboxylic acids is 1. The molecule has 0 bridgehead atoms. The molecule has 148 valence electrons. The molecule has 9 nitrogen and oxygen atoms in total. The minimum Gasteiger partial charge on any atom is -0.466 e. The van der Waals surface area contributed by atoms with E-state index in [2.05, 4.69) is 21.2 Å². The SMILES string of the molecule is C[C@]1(CO)Cn2ncc(S(=N)(=O)NC(=O)Nc3c4c(cc5c3CC5)CC4)c2O1. The summed E-state index contributed by atoms with van der Waals surface area (Å²) in [5, 5.41) is 16.4. The van der Waals surface area contributed by atoms with E-state index in [1.807, 2.05) is 0 Å². The molecule has 0 spiro atoms. The molecule has 4 N–H and O–H groups in total. The number of aromatic nitrogens is 2. The van der Waals surface area contributed by atoms with E-state index in [1.165, 1.54) is 22.0 Å². The molecule has 2 heterocycles. The number of aryl methyl sites for hydroxylation is 2. The van der Waals surface area contributed by atoms with Crippen LogP contribution in [0.2, 0.25) is 0 Å². The van der Waals surface area contributed by atoms with Crippen LogP contribution in [-0.2, 0) is 42.1 Å². The highest BCUT2D eigenvalue weighted by molar-refractivity contribution is 7.91. The number of rotatable bonds is 4. The van der Waals surface area contributed by atoms with Crippen LogP contribution in [0, 0.1) is 4.78 Å². The van der Waals surface area contributed by atoms with Crippen molar-refractivity contribution in [2.75, 3.05) is 11.9 Å². The Labute approximate surface area is 162 Å². The third kappa shape index (κ3) is 2.51. The Kier molecular flexibility index (Phi) is 3.57. The zero-order valence-electron chi connectivity index (χ0n) is 15.4. The topological polar surface area (TPSA) is 129 Å². The van der Waals surface area contributed by atoms with Crippen molar-refractivity contribution >= 4 is 21.6 Å². The van der Waals surface area contributed by atoms with Crippen molar-refractivity contribution in [2.24, 2.45) is 0 Å². The average Bonchev–Trinajstić information content (AvgIpc) is 3.08. The van der Waals surface area contributed by atoms with Gasteiger partial charge >= 0.3 is 6.03 Å². The summed E-state index contributed by atoms with van der Waals surface area (Å²) in [6.07, 6.45) is 5.12. The lowest BCUT2D eigenvalue weighted by Crippen LogP contribution is -2.37. The summed E-state index contributed by atoms with van der Waals surface area (Å²) in [6.45, 7) is 1.73. The number of hydrogen-bond donors (Lipinski definition) is 4. The summed E-state index contributed by atoms with van der Waals surface area (Å²) in [7, 11) is -3.68. The third-order valence-electron chi connectivity index (χ3n) is 5.72. The normalized spacial score (nSPS) is 23.2. The molecule has 1 aliphatic heterocycles. The Morgan fingerprint density at radius 2 is 2.04 bits per heavy atom. The molecule has 2 atom stereocenters. The maximum absolute atomic E-state index is 12.9. The fraction of sp³-hybridized carbons (Fsp3) is 0.444. The van der Waals surface area contributed by atoms with Crippen LogP contribution in [0.25, 0.3) is 0 Å². The number of anilines is 1. The number of aliphatic hydroxyl groups is 1. The van der Waals surface area contributed by atoms with Gasteiger partial charge in [-0.2, -0.15) is 5.10 Å². The minimum absolute atomic E-state index is 0.00565. The number of carbonyl (C=O) groups is 1. The van der Waals surface area contributed by atoms with Crippen LogP contribution in [0.5, 0.6) is 5.88 Å². The molecule has 2 aliphatic carbocycles. The largest absolute Gasteiger partial charge is 0.466 e. The lowest BCUT2D eigenvalue weighted by Gasteiger charge is -2.32. The van der Waals surface area contributed by atoms with Crippen LogP contribution in [-0.4, -0.2) is 37.3 Å². The molecule has 28 heavy (non-hydrogen) atoms. The second-order valence-electron chi connectivity index (χ2n) is 7.82. The molecule has 1 aromatic heterocycles. The summed E-state index contributed by atoms with van der Waals surface area (Å²) in [5.74, 6) is 0.143. The van der Waals surface area contributed by atoms with E-state index in [0.29, 0.717) is 0 Å². The fourth-order valence-corrected chi connectivity index (χ4v) is 4.99. The first kappa shape index (κ1) is 17.5. The lowest BCUT2D eigenvalue weighted by molar-refractivity contribution is 0.0399. The molecule has 10 heteroatoms. The molecule has 0 saturated carbocycles. The lowest BCUT2D eigenvalue weighted by atomic mass is 9.76. The third-order valence-corrected chi connectivity index (χ3v) is 7.09. The molecule has 5 rings (SSSR count). The highest BCUT2D eigenvalue weighted by Gasteiger charge is 2.39. The Morgan fingerprint density at radius 3 is 2.61 bits per heavy atom. The van der Waals surface area contributed by atoms with Gasteiger partial charge in [0.2, 0.25) is 5.88 Å². The smallest absolute Gasteiger partial charge is 0.331 e. The molecule has 0 fully saturated rings. The van der Waals surface area contributed by atoms with Crippen LogP contribution >= 0.6 is 0 Å². The van der Waals surface area contributed by atoms with Gasteiger partial charge in [0.25, 0.3) is 0 Å². The second-order valence-corrected chi connectivity index (χ2v) is 9.58. The molecule has 1 unspecified atom stereocenters. The summed E-state index contributed by atoms with van der Waals surface area (Å²) in [5.41, 5.74) is 4.71. The van der Waals surface area contributed by atoms with Gasteiger partial charge in [-0.15, -0.1) is 0 Å². The van der Waals surface area contributed by atoms with Gasteiger partial charge < -0.3 is 15.2 Å². The second kappa shape index (κ2) is 5.71. The molecular weight excluding hydrogens is 382 g/mol. The first-order chi connectivity index (χ1) is 13.3. The molecule has 1 aromatic carbocycles. The van der Waals surface area contributed by atoms with Gasteiger partial charge in [0, 0.05) is 5.69 Å². The Hall–Kier alpha value is -2.59. The van der Waals surface area contributed by atoms with Gasteiger partial charge in [-0.25, -0.2) is 23.2 Å². The Morgan fingerprint density at radius 1 is 1.36 bits per heavy atom. The first-order valence-corrected chi connectivity index (χ1v) is 10.8. The summed E-state index contributed by atoms with van der Waals surface area (Å²) in [4.78, 5) is 12.5. The van der Waals surface area contributed by atoms with Crippen molar-refractivity contribution in [1.29, 1.82) is 4.78 Å². The Balaban J connectivity index is 1.37. The van der Waals surface area contributed by atoms with E-state index < -0.39 is 21.5 Å². The van der Waals surface area contributed by atoms with E-state index in [4.69, 9.17) is 9.52 Å².